The molecule has 2 aromatic rings. The van der Waals surface area contributed by atoms with Crippen LogP contribution >= 0.6 is 11.3 Å². The van der Waals surface area contributed by atoms with Crippen LogP contribution < -0.4 is 10.7 Å². The summed E-state index contributed by atoms with van der Waals surface area (Å²) in [5, 5.41) is 16.2. The Labute approximate surface area is 149 Å². The minimum absolute atomic E-state index is 0.0300. The molecule has 1 fully saturated rings. The van der Waals surface area contributed by atoms with Crippen LogP contribution in [0.4, 0.5) is 0 Å². The van der Waals surface area contributed by atoms with E-state index in [1.807, 2.05) is 12.3 Å². The first-order valence-electron chi connectivity index (χ1n) is 8.15. The molecule has 0 aliphatic carbocycles. The van der Waals surface area contributed by atoms with Gasteiger partial charge in [-0.05, 0) is 20.3 Å². The van der Waals surface area contributed by atoms with Crippen molar-refractivity contribution >= 4 is 17.2 Å². The maximum absolute atomic E-state index is 12.3. The van der Waals surface area contributed by atoms with Gasteiger partial charge in [0.25, 0.3) is 5.91 Å². The first-order chi connectivity index (χ1) is 11.9. The zero-order valence-corrected chi connectivity index (χ0v) is 15.0. The van der Waals surface area contributed by atoms with Gasteiger partial charge in [-0.1, -0.05) is 0 Å². The van der Waals surface area contributed by atoms with Gasteiger partial charge in [0.05, 0.1) is 22.8 Å². The normalized spacial score (nSPS) is 21.2. The van der Waals surface area contributed by atoms with Crippen LogP contribution in [0, 0.1) is 13.8 Å². The van der Waals surface area contributed by atoms with Crippen LogP contribution in [0.5, 0.6) is 0 Å². The number of nitrogens with one attached hydrogen (secondary N) is 1. The minimum atomic E-state index is -0.686. The van der Waals surface area contributed by atoms with Crippen LogP contribution in [0.15, 0.2) is 26.7 Å². The fraction of sp³-hybridized carbons (Fsp3) is 0.471. The average Bonchev–Trinajstić information content (AvgIpc) is 2.94. The third kappa shape index (κ3) is 4.53. The van der Waals surface area contributed by atoms with Gasteiger partial charge in [0.15, 0.2) is 11.2 Å². The highest BCUT2D eigenvalue weighted by atomic mass is 32.1. The third-order valence-electron chi connectivity index (χ3n) is 4.15. The van der Waals surface area contributed by atoms with Gasteiger partial charge in [-0.3, -0.25) is 14.5 Å². The van der Waals surface area contributed by atoms with E-state index in [9.17, 15) is 14.7 Å². The zero-order chi connectivity index (χ0) is 18.0. The molecule has 2 N–H and O–H groups in total. The van der Waals surface area contributed by atoms with Crippen molar-refractivity contribution in [2.45, 2.75) is 39.0 Å². The lowest BCUT2D eigenvalue weighted by Crippen LogP contribution is -2.53. The van der Waals surface area contributed by atoms with E-state index in [0.717, 1.165) is 23.3 Å². The summed E-state index contributed by atoms with van der Waals surface area (Å²) in [6, 6.07) is 2.12. The number of aryl methyl sites for hydroxylation is 2. The minimum Gasteiger partial charge on any atom is -0.456 e. The average molecular weight is 363 g/mol. The van der Waals surface area contributed by atoms with Gasteiger partial charge in [0, 0.05) is 37.1 Å². The van der Waals surface area contributed by atoms with Crippen LogP contribution in [-0.2, 0) is 6.54 Å². The Kier molecular flexibility index (Phi) is 5.31. The van der Waals surface area contributed by atoms with E-state index in [4.69, 9.17) is 4.42 Å². The quantitative estimate of drug-likeness (QED) is 0.844. The van der Waals surface area contributed by atoms with Crippen molar-refractivity contribution in [3.05, 3.63) is 50.0 Å². The highest BCUT2D eigenvalue weighted by molar-refractivity contribution is 7.09. The lowest BCUT2D eigenvalue weighted by molar-refractivity contribution is 0.0339. The predicted octanol–water partition coefficient (Wildman–Crippen LogP) is 1.08. The number of aliphatic hydroxyl groups is 1. The van der Waals surface area contributed by atoms with Gasteiger partial charge in [0.1, 0.15) is 5.76 Å². The number of carbonyl (C=O) groups is 1. The monoisotopic (exact) mass is 363 g/mol. The molecule has 0 saturated carbocycles. The highest BCUT2D eigenvalue weighted by Gasteiger charge is 2.30. The standard InChI is InChI=1S/C17H21N3O4S/c1-10-5-13(21)6-16(24-10)17(23)19-14-3-4-20(8-15(14)22)7-12-9-25-11(2)18-12/h5-6,9,14-15,22H,3-4,7-8H2,1-2H3,(H,19,23)/t14-,15-/m1/s1. The molecule has 3 heterocycles. The summed E-state index contributed by atoms with van der Waals surface area (Å²) >= 11 is 1.61. The molecular weight excluding hydrogens is 342 g/mol. The molecule has 25 heavy (non-hydrogen) atoms. The summed E-state index contributed by atoms with van der Waals surface area (Å²) in [6.45, 7) is 5.48. The molecule has 0 aromatic carbocycles. The van der Waals surface area contributed by atoms with Gasteiger partial charge in [0.2, 0.25) is 0 Å². The van der Waals surface area contributed by atoms with Crippen LogP contribution in [0.3, 0.4) is 0 Å². The summed E-state index contributed by atoms with van der Waals surface area (Å²) in [6.07, 6.45) is -0.0690. The van der Waals surface area contributed by atoms with Crippen LogP contribution in [0.2, 0.25) is 0 Å². The summed E-state index contributed by atoms with van der Waals surface area (Å²) in [7, 11) is 0. The lowest BCUT2D eigenvalue weighted by atomic mass is 10.0. The molecule has 2 atom stereocenters. The Bertz CT molecular complexity index is 816. The largest absolute Gasteiger partial charge is 0.456 e. The molecule has 3 rings (SSSR count). The van der Waals surface area contributed by atoms with Gasteiger partial charge in [-0.15, -0.1) is 11.3 Å². The molecule has 1 aliphatic heterocycles. The van der Waals surface area contributed by atoms with Gasteiger partial charge < -0.3 is 14.8 Å². The Morgan fingerprint density at radius 2 is 2.28 bits per heavy atom. The number of likely N-dealkylation sites (tertiary alicyclic amines) is 1. The van der Waals surface area contributed by atoms with Crippen LogP contribution in [0.25, 0.3) is 0 Å². The molecule has 2 aromatic heterocycles. The number of β-amino-alcohol motifs (C(OH)–C–C–N with tert-alkyl or cyclic N) is 1. The Hall–Kier alpha value is -2.03. The fourth-order valence-electron chi connectivity index (χ4n) is 2.97. The molecule has 8 heteroatoms. The molecule has 134 valence electrons. The molecule has 0 unspecified atom stereocenters. The van der Waals surface area contributed by atoms with E-state index in [1.54, 1.807) is 18.3 Å². The summed E-state index contributed by atoms with van der Waals surface area (Å²) in [4.78, 5) is 30.3. The number of amides is 1. The van der Waals surface area contributed by atoms with Crippen molar-refractivity contribution in [1.29, 1.82) is 0 Å². The summed E-state index contributed by atoms with van der Waals surface area (Å²) in [5.74, 6) is -0.127. The lowest BCUT2D eigenvalue weighted by Gasteiger charge is -2.35. The number of hydrogen-bond donors (Lipinski definition) is 2. The maximum Gasteiger partial charge on any atom is 0.287 e. The fourth-order valence-corrected chi connectivity index (χ4v) is 3.58. The SMILES string of the molecule is Cc1cc(=O)cc(C(=O)N[C@@H]2CCN(Cc3csc(C)n3)C[C@H]2O)o1. The molecule has 0 radical (unpaired) electrons. The molecule has 1 amide bonds. The Morgan fingerprint density at radius 3 is 2.92 bits per heavy atom. The molecule has 1 aliphatic rings. The van der Waals surface area contributed by atoms with Crippen molar-refractivity contribution in [3.8, 4) is 0 Å². The molecule has 0 spiro atoms. The molecule has 1 saturated heterocycles. The number of nitrogens with zero attached hydrogens (tertiary/aromatic N) is 2. The van der Waals surface area contributed by atoms with Crippen molar-refractivity contribution in [2.24, 2.45) is 0 Å². The summed E-state index contributed by atoms with van der Waals surface area (Å²) in [5.41, 5.74) is 0.724. The highest BCUT2D eigenvalue weighted by Crippen LogP contribution is 2.16. The topological polar surface area (TPSA) is 95.7 Å². The smallest absolute Gasteiger partial charge is 0.287 e. The maximum atomic E-state index is 12.3. The third-order valence-corrected chi connectivity index (χ3v) is 4.97. The number of aromatic nitrogens is 1. The second-order valence-corrected chi connectivity index (χ2v) is 7.36. The van der Waals surface area contributed by atoms with Crippen molar-refractivity contribution < 1.29 is 14.3 Å². The van der Waals surface area contributed by atoms with Crippen LogP contribution in [-0.4, -0.2) is 46.1 Å². The van der Waals surface area contributed by atoms with Crippen molar-refractivity contribution in [3.63, 3.8) is 0 Å². The molecular formula is C17H21N3O4S. The molecule has 0 bridgehead atoms. The number of aliphatic hydroxyl groups excluding tert-OH is 1. The van der Waals surface area contributed by atoms with Gasteiger partial charge in [-0.2, -0.15) is 0 Å². The van der Waals surface area contributed by atoms with E-state index >= 15 is 0 Å². The Balaban J connectivity index is 1.58. The predicted molar refractivity (Wildman–Crippen MR) is 93.7 cm³/mol. The first-order valence-corrected chi connectivity index (χ1v) is 9.03. The number of piperidine rings is 1. The van der Waals surface area contributed by atoms with E-state index in [0.29, 0.717) is 25.3 Å². The van der Waals surface area contributed by atoms with E-state index < -0.39 is 12.0 Å². The number of hydrogen-bond acceptors (Lipinski definition) is 7. The van der Waals surface area contributed by atoms with E-state index in [2.05, 4.69) is 15.2 Å². The second kappa shape index (κ2) is 7.47. The zero-order valence-electron chi connectivity index (χ0n) is 14.2. The number of rotatable bonds is 4. The first kappa shape index (κ1) is 17.8. The van der Waals surface area contributed by atoms with Gasteiger partial charge in [-0.25, -0.2) is 4.98 Å². The Morgan fingerprint density at radius 1 is 1.48 bits per heavy atom. The number of thiazole rings is 1. The van der Waals surface area contributed by atoms with Crippen molar-refractivity contribution in [2.75, 3.05) is 13.1 Å². The van der Waals surface area contributed by atoms with E-state index in [1.165, 1.54) is 6.07 Å². The van der Waals surface area contributed by atoms with E-state index in [-0.39, 0.29) is 17.2 Å². The molecule has 7 nitrogen and oxygen atoms in total. The summed E-state index contributed by atoms with van der Waals surface area (Å²) < 4.78 is 5.29. The van der Waals surface area contributed by atoms with Crippen molar-refractivity contribution in [1.82, 2.24) is 15.2 Å². The second-order valence-electron chi connectivity index (χ2n) is 6.30. The number of carbonyl (C=O) groups excluding carboxylic acids is 1. The van der Waals surface area contributed by atoms with Crippen LogP contribution in [0.1, 0.15) is 33.4 Å². The van der Waals surface area contributed by atoms with Gasteiger partial charge >= 0.3 is 0 Å².